The van der Waals surface area contributed by atoms with E-state index >= 15 is 0 Å². The van der Waals surface area contributed by atoms with Crippen LogP contribution >= 0.6 is 0 Å². The zero-order valence-electron chi connectivity index (χ0n) is 10.5. The molecule has 0 unspecified atom stereocenters. The maximum Gasteiger partial charge on any atom is 0.404 e. The molecule has 8 nitrogen and oxygen atoms in total. The van der Waals surface area contributed by atoms with E-state index in [0.29, 0.717) is 12.1 Å². The number of aromatic carboxylic acids is 1. The SMILES string of the molecule is NC(=O)OCCNC(=O)Nc1cc(C(=O)O)c(F)cc1F. The van der Waals surface area contributed by atoms with E-state index in [2.05, 4.69) is 15.8 Å². The van der Waals surface area contributed by atoms with Crippen molar-refractivity contribution in [3.8, 4) is 0 Å². The van der Waals surface area contributed by atoms with Gasteiger partial charge in [-0.05, 0) is 6.07 Å². The summed E-state index contributed by atoms with van der Waals surface area (Å²) in [6.45, 7) is -0.307. The van der Waals surface area contributed by atoms with Gasteiger partial charge in [-0.25, -0.2) is 23.2 Å². The number of carbonyl (C=O) groups is 3. The van der Waals surface area contributed by atoms with Crippen LogP contribution in [0, 0.1) is 11.6 Å². The van der Waals surface area contributed by atoms with Crippen LogP contribution in [0.1, 0.15) is 10.4 Å². The summed E-state index contributed by atoms with van der Waals surface area (Å²) in [4.78, 5) is 32.3. The minimum absolute atomic E-state index is 0.108. The molecule has 0 aliphatic carbocycles. The number of ether oxygens (including phenoxy) is 1. The number of urea groups is 1. The van der Waals surface area contributed by atoms with Crippen molar-refractivity contribution >= 4 is 23.8 Å². The van der Waals surface area contributed by atoms with E-state index in [1.54, 1.807) is 0 Å². The highest BCUT2D eigenvalue weighted by molar-refractivity contribution is 5.93. The number of carboxylic acids is 1. The summed E-state index contributed by atoms with van der Waals surface area (Å²) >= 11 is 0. The quantitative estimate of drug-likeness (QED) is 0.600. The predicted molar refractivity (Wildman–Crippen MR) is 65.9 cm³/mol. The predicted octanol–water partition coefficient (Wildman–Crippen LogP) is 0.880. The molecule has 0 saturated heterocycles. The molecule has 0 aliphatic heterocycles. The molecule has 0 heterocycles. The van der Waals surface area contributed by atoms with Gasteiger partial charge in [0.15, 0.2) is 0 Å². The molecule has 1 rings (SSSR count). The number of rotatable bonds is 5. The zero-order chi connectivity index (χ0) is 16.0. The van der Waals surface area contributed by atoms with Gasteiger partial charge in [0, 0.05) is 6.07 Å². The summed E-state index contributed by atoms with van der Waals surface area (Å²) in [6.07, 6.45) is -1.02. The van der Waals surface area contributed by atoms with Crippen molar-refractivity contribution in [1.29, 1.82) is 0 Å². The van der Waals surface area contributed by atoms with E-state index in [-0.39, 0.29) is 13.2 Å². The smallest absolute Gasteiger partial charge is 0.404 e. The molecule has 0 atom stereocenters. The highest BCUT2D eigenvalue weighted by Crippen LogP contribution is 2.19. The molecule has 0 aromatic heterocycles. The largest absolute Gasteiger partial charge is 0.478 e. The van der Waals surface area contributed by atoms with Gasteiger partial charge >= 0.3 is 18.1 Å². The zero-order valence-corrected chi connectivity index (χ0v) is 10.5. The summed E-state index contributed by atoms with van der Waals surface area (Å²) in [5.74, 6) is -4.01. The molecule has 1 aromatic carbocycles. The number of benzene rings is 1. The second-order valence-corrected chi connectivity index (χ2v) is 3.67. The van der Waals surface area contributed by atoms with Crippen LogP contribution in [0.25, 0.3) is 0 Å². The summed E-state index contributed by atoms with van der Waals surface area (Å²) in [6, 6.07) is 0.0896. The summed E-state index contributed by atoms with van der Waals surface area (Å²) in [5, 5.41) is 12.9. The van der Waals surface area contributed by atoms with Gasteiger partial charge in [-0.2, -0.15) is 0 Å². The molecule has 5 N–H and O–H groups in total. The maximum absolute atomic E-state index is 13.4. The Hall–Kier alpha value is -2.91. The first-order chi connectivity index (χ1) is 9.81. The van der Waals surface area contributed by atoms with Gasteiger partial charge in [0.2, 0.25) is 0 Å². The van der Waals surface area contributed by atoms with Crippen molar-refractivity contribution in [2.24, 2.45) is 5.73 Å². The van der Waals surface area contributed by atoms with Crippen LogP contribution in [-0.4, -0.2) is 36.4 Å². The van der Waals surface area contributed by atoms with Crippen LogP contribution in [0.5, 0.6) is 0 Å². The monoisotopic (exact) mass is 303 g/mol. The molecule has 21 heavy (non-hydrogen) atoms. The molecule has 3 amide bonds. The van der Waals surface area contributed by atoms with E-state index in [1.165, 1.54) is 0 Å². The van der Waals surface area contributed by atoms with Crippen LogP contribution in [0.2, 0.25) is 0 Å². The van der Waals surface area contributed by atoms with Gasteiger partial charge in [0.25, 0.3) is 0 Å². The van der Waals surface area contributed by atoms with Crippen molar-refractivity contribution < 1.29 is 33.0 Å². The fraction of sp³-hybridized carbons (Fsp3) is 0.182. The highest BCUT2D eigenvalue weighted by atomic mass is 19.1. The fourth-order valence-electron chi connectivity index (χ4n) is 1.29. The van der Waals surface area contributed by atoms with E-state index < -0.39 is 41.0 Å². The second-order valence-electron chi connectivity index (χ2n) is 3.67. The van der Waals surface area contributed by atoms with E-state index in [1.807, 2.05) is 5.32 Å². The van der Waals surface area contributed by atoms with Crippen LogP contribution in [-0.2, 0) is 4.74 Å². The van der Waals surface area contributed by atoms with Crippen molar-refractivity contribution in [3.63, 3.8) is 0 Å². The number of anilines is 1. The minimum Gasteiger partial charge on any atom is -0.478 e. The molecule has 0 aliphatic rings. The Bertz CT molecular complexity index is 579. The van der Waals surface area contributed by atoms with Gasteiger partial charge in [0.05, 0.1) is 17.8 Å². The Balaban J connectivity index is 2.65. The summed E-state index contributed by atoms with van der Waals surface area (Å²) in [5.41, 5.74) is 3.38. The number of amides is 3. The standard InChI is InChI=1S/C11H11F2N3O5/c12-6-4-7(13)8(3-5(6)9(17)18)16-11(20)15-1-2-21-10(14)19/h3-4H,1-2H2,(H2,14,19)(H,17,18)(H2,15,16,20). The molecular weight excluding hydrogens is 292 g/mol. The van der Waals surface area contributed by atoms with Crippen molar-refractivity contribution in [3.05, 3.63) is 29.3 Å². The Labute approximate surface area is 116 Å². The Morgan fingerprint density at radius 3 is 2.48 bits per heavy atom. The molecule has 0 bridgehead atoms. The first kappa shape index (κ1) is 16.1. The van der Waals surface area contributed by atoms with Gasteiger partial charge in [-0.1, -0.05) is 0 Å². The maximum atomic E-state index is 13.4. The lowest BCUT2D eigenvalue weighted by Crippen LogP contribution is -2.33. The van der Waals surface area contributed by atoms with Crippen LogP contribution in [0.3, 0.4) is 0 Å². The number of primary amides is 1. The average molecular weight is 303 g/mol. The molecular formula is C11H11F2N3O5. The highest BCUT2D eigenvalue weighted by Gasteiger charge is 2.16. The second kappa shape index (κ2) is 7.03. The third-order valence-corrected chi connectivity index (χ3v) is 2.17. The van der Waals surface area contributed by atoms with Crippen molar-refractivity contribution in [2.45, 2.75) is 0 Å². The fourth-order valence-corrected chi connectivity index (χ4v) is 1.29. The minimum atomic E-state index is -1.61. The number of hydrogen-bond donors (Lipinski definition) is 4. The number of hydrogen-bond acceptors (Lipinski definition) is 4. The lowest BCUT2D eigenvalue weighted by atomic mass is 10.2. The molecule has 0 fully saturated rings. The average Bonchev–Trinajstić information content (AvgIpc) is 2.37. The van der Waals surface area contributed by atoms with E-state index in [4.69, 9.17) is 5.11 Å². The Morgan fingerprint density at radius 2 is 1.90 bits per heavy atom. The third-order valence-electron chi connectivity index (χ3n) is 2.17. The van der Waals surface area contributed by atoms with E-state index in [0.717, 1.165) is 0 Å². The first-order valence-electron chi connectivity index (χ1n) is 5.50. The Kier molecular flexibility index (Phi) is 5.40. The molecule has 1 aromatic rings. The van der Waals surface area contributed by atoms with Gasteiger partial charge in [-0.3, -0.25) is 0 Å². The van der Waals surface area contributed by atoms with Gasteiger partial charge in [0.1, 0.15) is 18.2 Å². The number of nitrogens with two attached hydrogens (primary N) is 1. The topological polar surface area (TPSA) is 131 Å². The first-order valence-corrected chi connectivity index (χ1v) is 5.50. The molecule has 0 spiro atoms. The van der Waals surface area contributed by atoms with E-state index in [9.17, 15) is 23.2 Å². The van der Waals surface area contributed by atoms with Crippen LogP contribution in [0.15, 0.2) is 12.1 Å². The molecule has 0 saturated carbocycles. The lowest BCUT2D eigenvalue weighted by Gasteiger charge is -2.09. The van der Waals surface area contributed by atoms with Crippen LogP contribution in [0.4, 0.5) is 24.1 Å². The summed E-state index contributed by atoms with van der Waals surface area (Å²) in [7, 11) is 0. The summed E-state index contributed by atoms with van der Waals surface area (Å²) < 4.78 is 30.8. The molecule has 114 valence electrons. The molecule has 10 heteroatoms. The normalized spacial score (nSPS) is 9.81. The number of carbonyl (C=O) groups excluding carboxylic acids is 2. The van der Waals surface area contributed by atoms with Crippen molar-refractivity contribution in [2.75, 3.05) is 18.5 Å². The molecule has 0 radical (unpaired) electrons. The lowest BCUT2D eigenvalue weighted by molar-refractivity contribution is 0.0691. The van der Waals surface area contributed by atoms with Crippen molar-refractivity contribution in [1.82, 2.24) is 5.32 Å². The van der Waals surface area contributed by atoms with Gasteiger partial charge in [-0.15, -0.1) is 0 Å². The van der Waals surface area contributed by atoms with Crippen LogP contribution < -0.4 is 16.4 Å². The van der Waals surface area contributed by atoms with Gasteiger partial charge < -0.3 is 26.2 Å². The number of nitrogens with one attached hydrogen (secondary N) is 2. The Morgan fingerprint density at radius 1 is 1.24 bits per heavy atom. The third kappa shape index (κ3) is 4.93. The number of carboxylic acid groups (broad SMARTS) is 1. The number of halogens is 2.